The Balaban J connectivity index is 2.24. The van der Waals surface area contributed by atoms with Crippen molar-refractivity contribution in [3.63, 3.8) is 0 Å². The van der Waals surface area contributed by atoms with Crippen LogP contribution in [0.4, 0.5) is 4.79 Å². The molecule has 1 rings (SSSR count). The maximum absolute atomic E-state index is 10.9. The summed E-state index contributed by atoms with van der Waals surface area (Å²) in [6.45, 7) is 0.811. The molecule has 0 atom stereocenters. The lowest BCUT2D eigenvalue weighted by molar-refractivity contribution is -0.118. The predicted molar refractivity (Wildman–Crippen MR) is 45.1 cm³/mol. The molecule has 1 N–H and O–H groups in total. The number of nitrogens with one attached hydrogen (secondary N) is 1. The Morgan fingerprint density at radius 2 is 2.17 bits per heavy atom. The quantitative estimate of drug-likeness (QED) is 0.400. The van der Waals surface area contributed by atoms with Crippen LogP contribution in [0.2, 0.25) is 0 Å². The van der Waals surface area contributed by atoms with Gasteiger partial charge in [0.2, 0.25) is 5.91 Å². The molecular formula is C7H11ClN2O2. The van der Waals surface area contributed by atoms with Crippen molar-refractivity contribution in [2.75, 3.05) is 19.0 Å². The van der Waals surface area contributed by atoms with Crippen molar-refractivity contribution in [1.29, 1.82) is 0 Å². The van der Waals surface area contributed by atoms with Gasteiger partial charge in [-0.15, -0.1) is 11.6 Å². The fourth-order valence-corrected chi connectivity index (χ4v) is 1.25. The van der Waals surface area contributed by atoms with Crippen molar-refractivity contribution in [3.8, 4) is 0 Å². The van der Waals surface area contributed by atoms with Gasteiger partial charge in [-0.25, -0.2) is 4.79 Å². The van der Waals surface area contributed by atoms with Crippen LogP contribution in [-0.4, -0.2) is 35.8 Å². The lowest BCUT2D eigenvalue weighted by atomic mass is 10.3. The molecule has 3 amide bonds. The number of halogens is 1. The lowest BCUT2D eigenvalue weighted by Gasteiger charge is -2.11. The van der Waals surface area contributed by atoms with Crippen LogP contribution < -0.4 is 5.32 Å². The van der Waals surface area contributed by atoms with Gasteiger partial charge in [0.25, 0.3) is 0 Å². The molecule has 4 nitrogen and oxygen atoms in total. The molecule has 0 spiro atoms. The van der Waals surface area contributed by atoms with Crippen molar-refractivity contribution < 1.29 is 9.59 Å². The molecule has 0 saturated carbocycles. The van der Waals surface area contributed by atoms with E-state index in [2.05, 4.69) is 5.32 Å². The second kappa shape index (κ2) is 4.30. The highest BCUT2D eigenvalue weighted by molar-refractivity contribution is 6.17. The molecule has 1 aliphatic heterocycles. The van der Waals surface area contributed by atoms with Crippen LogP contribution >= 0.6 is 11.6 Å². The molecule has 5 heteroatoms. The summed E-state index contributed by atoms with van der Waals surface area (Å²) in [5, 5.41) is 2.21. The zero-order valence-electron chi connectivity index (χ0n) is 6.68. The van der Waals surface area contributed by atoms with Crippen LogP contribution in [0.15, 0.2) is 0 Å². The highest BCUT2D eigenvalue weighted by atomic mass is 35.5. The fourth-order valence-electron chi connectivity index (χ4n) is 1.06. The van der Waals surface area contributed by atoms with E-state index in [0.29, 0.717) is 12.4 Å². The fraction of sp³-hybridized carbons (Fsp3) is 0.714. The summed E-state index contributed by atoms with van der Waals surface area (Å²) in [6, 6.07) is -0.283. The van der Waals surface area contributed by atoms with Gasteiger partial charge < -0.3 is 4.90 Å². The van der Waals surface area contributed by atoms with Crippen molar-refractivity contribution >= 4 is 23.5 Å². The largest absolute Gasteiger partial charge is 0.324 e. The van der Waals surface area contributed by atoms with E-state index in [9.17, 15) is 9.59 Å². The number of carbonyl (C=O) groups is 2. The molecule has 0 unspecified atom stereocenters. The van der Waals surface area contributed by atoms with Crippen LogP contribution in [0, 0.1) is 0 Å². The first kappa shape index (κ1) is 9.32. The van der Waals surface area contributed by atoms with E-state index in [-0.39, 0.29) is 18.5 Å². The first-order valence-electron chi connectivity index (χ1n) is 3.89. The third-order valence-electron chi connectivity index (χ3n) is 1.68. The molecule has 1 aliphatic rings. The Hall–Kier alpha value is -0.770. The minimum absolute atomic E-state index is 0.196. The van der Waals surface area contributed by atoms with Gasteiger partial charge in [-0.1, -0.05) is 0 Å². The van der Waals surface area contributed by atoms with Gasteiger partial charge >= 0.3 is 6.03 Å². The van der Waals surface area contributed by atoms with E-state index in [1.165, 1.54) is 4.90 Å². The number of hydrogen-bond acceptors (Lipinski definition) is 2. The first-order chi connectivity index (χ1) is 5.74. The molecule has 0 aromatic rings. The Morgan fingerprint density at radius 1 is 1.42 bits per heavy atom. The number of amides is 3. The standard InChI is InChI=1S/C7H11ClN2O2/c8-3-1-2-4-10-5-6(11)9-7(10)12/h1-5H2,(H,9,11,12). The zero-order valence-corrected chi connectivity index (χ0v) is 7.43. The summed E-state index contributed by atoms with van der Waals surface area (Å²) in [7, 11) is 0. The van der Waals surface area contributed by atoms with Gasteiger partial charge in [-0.05, 0) is 12.8 Å². The van der Waals surface area contributed by atoms with Gasteiger partial charge in [0.1, 0.15) is 6.54 Å². The van der Waals surface area contributed by atoms with Gasteiger partial charge in [-0.2, -0.15) is 0 Å². The Bertz CT molecular complexity index is 196. The van der Waals surface area contributed by atoms with E-state index < -0.39 is 0 Å². The molecule has 0 aromatic carbocycles. The van der Waals surface area contributed by atoms with Crippen LogP contribution in [-0.2, 0) is 4.79 Å². The van der Waals surface area contributed by atoms with E-state index >= 15 is 0 Å². The molecule has 68 valence electrons. The number of rotatable bonds is 4. The molecule has 1 heterocycles. The number of unbranched alkanes of at least 4 members (excludes halogenated alkanes) is 1. The van der Waals surface area contributed by atoms with Crippen molar-refractivity contribution in [2.45, 2.75) is 12.8 Å². The van der Waals surface area contributed by atoms with Crippen molar-refractivity contribution in [2.24, 2.45) is 0 Å². The van der Waals surface area contributed by atoms with E-state index in [1.807, 2.05) is 0 Å². The first-order valence-corrected chi connectivity index (χ1v) is 4.42. The highest BCUT2D eigenvalue weighted by Gasteiger charge is 2.25. The van der Waals surface area contributed by atoms with E-state index in [0.717, 1.165) is 12.8 Å². The maximum Gasteiger partial charge on any atom is 0.324 e. The third kappa shape index (κ3) is 2.37. The summed E-state index contributed by atoms with van der Waals surface area (Å²) in [5.41, 5.74) is 0. The lowest BCUT2D eigenvalue weighted by Crippen LogP contribution is -2.29. The molecule has 0 radical (unpaired) electrons. The monoisotopic (exact) mass is 190 g/mol. The summed E-state index contributed by atoms with van der Waals surface area (Å²) in [4.78, 5) is 23.1. The second-order valence-corrected chi connectivity index (χ2v) is 3.05. The van der Waals surface area contributed by atoms with Gasteiger partial charge in [0.05, 0.1) is 0 Å². The summed E-state index contributed by atoms with van der Waals surface area (Å²) in [5.74, 6) is 0.384. The second-order valence-electron chi connectivity index (χ2n) is 2.67. The van der Waals surface area contributed by atoms with E-state index in [1.54, 1.807) is 0 Å². The number of urea groups is 1. The molecular weight excluding hydrogens is 180 g/mol. The summed E-state index contributed by atoms with van der Waals surface area (Å²) < 4.78 is 0. The number of nitrogens with zero attached hydrogens (tertiary/aromatic N) is 1. The Morgan fingerprint density at radius 3 is 2.67 bits per heavy atom. The van der Waals surface area contributed by atoms with Crippen LogP contribution in [0.5, 0.6) is 0 Å². The normalized spacial score (nSPS) is 16.9. The smallest absolute Gasteiger partial charge is 0.315 e. The van der Waals surface area contributed by atoms with Crippen LogP contribution in [0.25, 0.3) is 0 Å². The summed E-state index contributed by atoms with van der Waals surface area (Å²) >= 11 is 5.47. The minimum Gasteiger partial charge on any atom is -0.315 e. The number of carbonyl (C=O) groups excluding carboxylic acids is 2. The Labute approximate surface area is 75.9 Å². The van der Waals surface area contributed by atoms with Crippen LogP contribution in [0.3, 0.4) is 0 Å². The minimum atomic E-state index is -0.283. The number of hydrogen-bond donors (Lipinski definition) is 1. The van der Waals surface area contributed by atoms with Crippen LogP contribution in [0.1, 0.15) is 12.8 Å². The van der Waals surface area contributed by atoms with Crippen molar-refractivity contribution in [1.82, 2.24) is 10.2 Å². The van der Waals surface area contributed by atoms with Gasteiger partial charge in [0, 0.05) is 12.4 Å². The highest BCUT2D eigenvalue weighted by Crippen LogP contribution is 2.01. The summed E-state index contributed by atoms with van der Waals surface area (Å²) in [6.07, 6.45) is 1.73. The third-order valence-corrected chi connectivity index (χ3v) is 1.95. The Kier molecular flexibility index (Phi) is 3.34. The van der Waals surface area contributed by atoms with E-state index in [4.69, 9.17) is 11.6 Å². The average Bonchev–Trinajstić information content (AvgIpc) is 2.31. The molecule has 0 bridgehead atoms. The van der Waals surface area contributed by atoms with Gasteiger partial charge in [-0.3, -0.25) is 10.1 Å². The molecule has 0 aromatic heterocycles. The maximum atomic E-state index is 10.9. The number of alkyl halides is 1. The van der Waals surface area contributed by atoms with Crippen molar-refractivity contribution in [3.05, 3.63) is 0 Å². The number of imide groups is 1. The predicted octanol–water partition coefficient (Wildman–Crippen LogP) is 0.557. The topological polar surface area (TPSA) is 49.4 Å². The SMILES string of the molecule is O=C1CN(CCCCCl)C(=O)N1. The van der Waals surface area contributed by atoms with Gasteiger partial charge in [0.15, 0.2) is 0 Å². The molecule has 1 fully saturated rings. The molecule has 0 aliphatic carbocycles. The molecule has 12 heavy (non-hydrogen) atoms. The zero-order chi connectivity index (χ0) is 8.97. The molecule has 1 saturated heterocycles. The average molecular weight is 191 g/mol.